The number of ether oxygens (including phenoxy) is 1. The smallest absolute Gasteiger partial charge is 0.262 e. The molecule has 21 heavy (non-hydrogen) atoms. The maximum Gasteiger partial charge on any atom is 0.262 e. The van der Waals surface area contributed by atoms with Gasteiger partial charge < -0.3 is 15.8 Å². The molecule has 0 aromatic heterocycles. The molecule has 5 heteroatoms. The molecule has 0 bridgehead atoms. The fraction of sp³-hybridized carbons (Fsp3) is 0.125. The maximum absolute atomic E-state index is 12.5. The van der Waals surface area contributed by atoms with Crippen molar-refractivity contribution >= 4 is 23.1 Å². The highest BCUT2D eigenvalue weighted by Gasteiger charge is 2.18. The molecule has 0 saturated heterocycles. The first-order valence-electron chi connectivity index (χ1n) is 6.52. The lowest BCUT2D eigenvalue weighted by molar-refractivity contribution is -0.118. The van der Waals surface area contributed by atoms with Crippen molar-refractivity contribution in [2.45, 2.75) is 6.92 Å². The Balaban J connectivity index is 1.96. The van der Waals surface area contributed by atoms with Crippen LogP contribution in [-0.2, 0) is 4.79 Å². The minimum Gasteiger partial charge on any atom is -0.482 e. The molecule has 0 spiro atoms. The molecule has 1 aliphatic rings. The van der Waals surface area contributed by atoms with Gasteiger partial charge in [-0.3, -0.25) is 9.59 Å². The Morgan fingerprint density at radius 1 is 1.19 bits per heavy atom. The van der Waals surface area contributed by atoms with Crippen molar-refractivity contribution in [3.05, 3.63) is 53.1 Å². The van der Waals surface area contributed by atoms with Gasteiger partial charge in [0.25, 0.3) is 5.91 Å². The number of benzene rings is 2. The van der Waals surface area contributed by atoms with Crippen LogP contribution in [0.25, 0.3) is 0 Å². The molecule has 0 radical (unpaired) electrons. The van der Waals surface area contributed by atoms with Gasteiger partial charge in [-0.1, -0.05) is 12.1 Å². The van der Waals surface area contributed by atoms with Gasteiger partial charge in [0.15, 0.2) is 12.4 Å². The van der Waals surface area contributed by atoms with E-state index in [1.54, 1.807) is 30.3 Å². The monoisotopic (exact) mass is 282 g/mol. The van der Waals surface area contributed by atoms with Crippen molar-refractivity contribution in [1.29, 1.82) is 0 Å². The SMILES string of the molecule is Cc1ccc(C(=O)c2ccc3c(c2)NC(=O)CO3)cc1N. The zero-order valence-electron chi connectivity index (χ0n) is 11.5. The number of carbonyl (C=O) groups is 2. The summed E-state index contributed by atoms with van der Waals surface area (Å²) in [6.45, 7) is 1.88. The van der Waals surface area contributed by atoms with Gasteiger partial charge in [-0.25, -0.2) is 0 Å². The standard InChI is InChI=1S/C16H14N2O3/c1-9-2-3-10(6-12(9)17)16(20)11-4-5-14-13(7-11)18-15(19)8-21-14/h2-7H,8,17H2,1H3,(H,18,19). The summed E-state index contributed by atoms with van der Waals surface area (Å²) in [7, 11) is 0. The van der Waals surface area contributed by atoms with Crippen LogP contribution in [0.1, 0.15) is 21.5 Å². The van der Waals surface area contributed by atoms with E-state index < -0.39 is 0 Å². The number of hydrogen-bond donors (Lipinski definition) is 2. The third kappa shape index (κ3) is 2.45. The number of aryl methyl sites for hydroxylation is 1. The third-order valence-corrected chi connectivity index (χ3v) is 3.42. The van der Waals surface area contributed by atoms with E-state index in [2.05, 4.69) is 5.32 Å². The zero-order valence-corrected chi connectivity index (χ0v) is 11.5. The molecular formula is C16H14N2O3. The number of nitrogens with two attached hydrogens (primary N) is 1. The predicted molar refractivity (Wildman–Crippen MR) is 79.6 cm³/mol. The molecule has 0 fully saturated rings. The summed E-state index contributed by atoms with van der Waals surface area (Å²) in [5.74, 6) is 0.186. The summed E-state index contributed by atoms with van der Waals surface area (Å²) in [5.41, 5.74) is 8.84. The van der Waals surface area contributed by atoms with Crippen molar-refractivity contribution in [3.63, 3.8) is 0 Å². The number of carbonyl (C=O) groups excluding carboxylic acids is 2. The number of nitrogens with one attached hydrogen (secondary N) is 1. The second-order valence-corrected chi connectivity index (χ2v) is 4.95. The molecule has 0 saturated carbocycles. The lowest BCUT2D eigenvalue weighted by atomic mass is 10.0. The molecule has 1 amide bonds. The normalized spacial score (nSPS) is 13.1. The van der Waals surface area contributed by atoms with Gasteiger partial charge in [0, 0.05) is 16.8 Å². The fourth-order valence-corrected chi connectivity index (χ4v) is 2.17. The number of nitrogen functional groups attached to an aromatic ring is 1. The molecule has 106 valence electrons. The van der Waals surface area contributed by atoms with Crippen LogP contribution in [0.4, 0.5) is 11.4 Å². The van der Waals surface area contributed by atoms with E-state index in [4.69, 9.17) is 10.5 Å². The van der Waals surface area contributed by atoms with Crippen molar-refractivity contribution in [2.75, 3.05) is 17.7 Å². The molecular weight excluding hydrogens is 268 g/mol. The Morgan fingerprint density at radius 2 is 1.90 bits per heavy atom. The molecule has 1 aliphatic heterocycles. The lowest BCUT2D eigenvalue weighted by Gasteiger charge is -2.18. The van der Waals surface area contributed by atoms with E-state index in [0.717, 1.165) is 5.56 Å². The largest absolute Gasteiger partial charge is 0.482 e. The second-order valence-electron chi connectivity index (χ2n) is 4.95. The first-order valence-corrected chi connectivity index (χ1v) is 6.52. The van der Waals surface area contributed by atoms with Crippen LogP contribution in [0.2, 0.25) is 0 Å². The average Bonchev–Trinajstić information content (AvgIpc) is 2.48. The summed E-state index contributed by atoms with van der Waals surface area (Å²) in [5, 5.41) is 2.69. The van der Waals surface area contributed by atoms with Crippen LogP contribution in [-0.4, -0.2) is 18.3 Å². The molecule has 1 heterocycles. The van der Waals surface area contributed by atoms with Crippen molar-refractivity contribution < 1.29 is 14.3 Å². The van der Waals surface area contributed by atoms with Gasteiger partial charge in [0.1, 0.15) is 5.75 Å². The summed E-state index contributed by atoms with van der Waals surface area (Å²) in [6.07, 6.45) is 0. The van der Waals surface area contributed by atoms with Crippen molar-refractivity contribution in [1.82, 2.24) is 0 Å². The Kier molecular flexibility index (Phi) is 3.10. The van der Waals surface area contributed by atoms with Gasteiger partial charge in [0.05, 0.1) is 5.69 Å². The van der Waals surface area contributed by atoms with E-state index in [1.165, 1.54) is 0 Å². The summed E-state index contributed by atoms with van der Waals surface area (Å²) < 4.78 is 5.27. The molecule has 0 unspecified atom stereocenters. The second kappa shape index (κ2) is 4.94. The number of ketones is 1. The molecule has 3 rings (SSSR count). The molecule has 0 aliphatic carbocycles. The Labute approximate surface area is 121 Å². The number of anilines is 2. The quantitative estimate of drug-likeness (QED) is 0.653. The number of hydrogen-bond acceptors (Lipinski definition) is 4. The Bertz CT molecular complexity index is 753. The van der Waals surface area contributed by atoms with E-state index in [9.17, 15) is 9.59 Å². The summed E-state index contributed by atoms with van der Waals surface area (Å²) >= 11 is 0. The van der Waals surface area contributed by atoms with Gasteiger partial charge in [-0.15, -0.1) is 0 Å². The first kappa shape index (κ1) is 13.2. The van der Waals surface area contributed by atoms with E-state index in [0.29, 0.717) is 28.3 Å². The number of fused-ring (bicyclic) bond motifs is 1. The number of amides is 1. The van der Waals surface area contributed by atoms with Crippen LogP contribution in [0.15, 0.2) is 36.4 Å². The minimum atomic E-state index is -0.230. The van der Waals surface area contributed by atoms with Gasteiger partial charge >= 0.3 is 0 Å². The van der Waals surface area contributed by atoms with Gasteiger partial charge in [-0.2, -0.15) is 0 Å². The zero-order chi connectivity index (χ0) is 15.0. The van der Waals surface area contributed by atoms with Crippen molar-refractivity contribution in [2.24, 2.45) is 0 Å². The van der Waals surface area contributed by atoms with Gasteiger partial charge in [0.2, 0.25) is 0 Å². The molecule has 2 aromatic rings. The first-order chi connectivity index (χ1) is 10.0. The summed E-state index contributed by atoms with van der Waals surface area (Å²) in [4.78, 5) is 23.8. The van der Waals surface area contributed by atoms with Crippen molar-refractivity contribution in [3.8, 4) is 5.75 Å². The molecule has 5 nitrogen and oxygen atoms in total. The van der Waals surface area contributed by atoms with E-state index in [-0.39, 0.29) is 18.3 Å². The van der Waals surface area contributed by atoms with Crippen LogP contribution in [0, 0.1) is 6.92 Å². The highest BCUT2D eigenvalue weighted by atomic mass is 16.5. The highest BCUT2D eigenvalue weighted by Crippen LogP contribution is 2.29. The number of rotatable bonds is 2. The van der Waals surface area contributed by atoms with E-state index >= 15 is 0 Å². The Hall–Kier alpha value is -2.82. The van der Waals surface area contributed by atoms with Crippen LogP contribution in [0.3, 0.4) is 0 Å². The summed E-state index contributed by atoms with van der Waals surface area (Å²) in [6, 6.07) is 10.2. The molecule has 3 N–H and O–H groups in total. The Morgan fingerprint density at radius 3 is 2.67 bits per heavy atom. The topological polar surface area (TPSA) is 81.4 Å². The van der Waals surface area contributed by atoms with Gasteiger partial charge in [-0.05, 0) is 36.8 Å². The predicted octanol–water partition coefficient (Wildman–Crippen LogP) is 2.14. The lowest BCUT2D eigenvalue weighted by Crippen LogP contribution is -2.25. The van der Waals surface area contributed by atoms with Crippen LogP contribution < -0.4 is 15.8 Å². The molecule has 0 atom stereocenters. The van der Waals surface area contributed by atoms with E-state index in [1.807, 2.05) is 13.0 Å². The fourth-order valence-electron chi connectivity index (χ4n) is 2.17. The van der Waals surface area contributed by atoms with Crippen LogP contribution >= 0.6 is 0 Å². The van der Waals surface area contributed by atoms with Crippen LogP contribution in [0.5, 0.6) is 5.75 Å². The third-order valence-electron chi connectivity index (χ3n) is 3.42. The highest BCUT2D eigenvalue weighted by molar-refractivity contribution is 6.10. The maximum atomic E-state index is 12.5. The average molecular weight is 282 g/mol. The molecule has 2 aromatic carbocycles. The minimum absolute atomic E-state index is 0.00517.